The van der Waals surface area contributed by atoms with Gasteiger partial charge in [0.25, 0.3) is 0 Å². The number of rotatable bonds is 5. The molecule has 114 valence electrons. The first-order valence-corrected chi connectivity index (χ1v) is 7.45. The van der Waals surface area contributed by atoms with Crippen LogP contribution in [0, 0.1) is 0 Å². The van der Waals surface area contributed by atoms with Gasteiger partial charge in [0.05, 0.1) is 18.9 Å². The minimum Gasteiger partial charge on any atom is -0.379 e. The van der Waals surface area contributed by atoms with E-state index in [0.29, 0.717) is 5.11 Å². The van der Waals surface area contributed by atoms with Crippen LogP contribution in [0.3, 0.4) is 0 Å². The van der Waals surface area contributed by atoms with Gasteiger partial charge in [-0.1, -0.05) is 6.07 Å². The lowest BCUT2D eigenvalue weighted by Gasteiger charge is -2.26. The van der Waals surface area contributed by atoms with Crippen LogP contribution in [0.5, 0.6) is 0 Å². The molecule has 1 aliphatic heterocycles. The van der Waals surface area contributed by atoms with Crippen molar-refractivity contribution in [3.05, 3.63) is 30.1 Å². The average Bonchev–Trinajstić information content (AvgIpc) is 2.54. The van der Waals surface area contributed by atoms with Gasteiger partial charge in [-0.2, -0.15) is 5.10 Å². The van der Waals surface area contributed by atoms with Crippen LogP contribution in [0.1, 0.15) is 12.5 Å². The summed E-state index contributed by atoms with van der Waals surface area (Å²) in [6.07, 6.45) is 3.51. The van der Waals surface area contributed by atoms with Gasteiger partial charge >= 0.3 is 0 Å². The van der Waals surface area contributed by atoms with Crippen molar-refractivity contribution in [1.29, 1.82) is 0 Å². The van der Waals surface area contributed by atoms with Gasteiger partial charge in [-0.15, -0.1) is 0 Å². The van der Waals surface area contributed by atoms with Gasteiger partial charge in [0.1, 0.15) is 0 Å². The van der Waals surface area contributed by atoms with Crippen molar-refractivity contribution in [3.8, 4) is 0 Å². The number of hydrazone groups is 1. The zero-order valence-electron chi connectivity index (χ0n) is 12.2. The molecule has 0 amide bonds. The molecule has 1 aromatic heterocycles. The Morgan fingerprint density at radius 2 is 2.29 bits per heavy atom. The molecular weight excluding hydrogens is 286 g/mol. The minimum absolute atomic E-state index is 0.534. The second-order valence-corrected chi connectivity index (χ2v) is 5.17. The summed E-state index contributed by atoms with van der Waals surface area (Å²) in [7, 11) is 0. The predicted octanol–water partition coefficient (Wildman–Crippen LogP) is 0.602. The van der Waals surface area contributed by atoms with Crippen LogP contribution < -0.4 is 10.7 Å². The van der Waals surface area contributed by atoms with Crippen LogP contribution in [0.25, 0.3) is 0 Å². The highest BCUT2D eigenvalue weighted by Crippen LogP contribution is 1.97. The van der Waals surface area contributed by atoms with Crippen LogP contribution in [0.15, 0.2) is 29.6 Å². The maximum atomic E-state index is 5.31. The fraction of sp³-hybridized carbons (Fsp3) is 0.500. The van der Waals surface area contributed by atoms with Gasteiger partial charge < -0.3 is 10.1 Å². The number of morpholine rings is 1. The lowest BCUT2D eigenvalue weighted by atomic mass is 10.2. The van der Waals surface area contributed by atoms with Crippen LogP contribution >= 0.6 is 12.2 Å². The number of aromatic nitrogens is 1. The molecule has 0 radical (unpaired) electrons. The number of nitrogens with one attached hydrogen (secondary N) is 2. The molecule has 6 nitrogen and oxygen atoms in total. The summed E-state index contributed by atoms with van der Waals surface area (Å²) < 4.78 is 5.31. The van der Waals surface area contributed by atoms with Crippen molar-refractivity contribution in [1.82, 2.24) is 20.6 Å². The van der Waals surface area contributed by atoms with Crippen LogP contribution in [-0.2, 0) is 4.74 Å². The van der Waals surface area contributed by atoms with E-state index in [-0.39, 0.29) is 0 Å². The van der Waals surface area contributed by atoms with Crippen LogP contribution in [-0.4, -0.2) is 60.1 Å². The summed E-state index contributed by atoms with van der Waals surface area (Å²) in [5.41, 5.74) is 4.68. The van der Waals surface area contributed by atoms with Gasteiger partial charge in [0, 0.05) is 44.1 Å². The Labute approximate surface area is 130 Å². The van der Waals surface area contributed by atoms with Gasteiger partial charge in [0.2, 0.25) is 0 Å². The Bertz CT molecular complexity index is 474. The normalized spacial score (nSPS) is 16.5. The molecule has 0 atom stereocenters. The number of ether oxygens (including phenoxy) is 1. The third kappa shape index (κ3) is 5.74. The number of hydrogen-bond acceptors (Lipinski definition) is 5. The molecule has 21 heavy (non-hydrogen) atoms. The molecular formula is C14H21N5OS. The van der Waals surface area contributed by atoms with Crippen LogP contribution in [0.4, 0.5) is 0 Å². The highest BCUT2D eigenvalue weighted by molar-refractivity contribution is 7.80. The standard InChI is InChI=1S/C14H21N5OS/c1-12(13-3-2-4-15-11-13)17-18-14(21)16-5-6-19-7-9-20-10-8-19/h2-4,11H,5-10H2,1H3,(H2,16,18,21)/b17-12+. The topological polar surface area (TPSA) is 61.8 Å². The summed E-state index contributed by atoms with van der Waals surface area (Å²) in [4.78, 5) is 6.41. The molecule has 2 heterocycles. The summed E-state index contributed by atoms with van der Waals surface area (Å²) in [5.74, 6) is 0. The first kappa shape index (κ1) is 15.8. The molecule has 0 unspecified atom stereocenters. The van der Waals surface area contributed by atoms with Crippen molar-refractivity contribution in [3.63, 3.8) is 0 Å². The third-order valence-corrected chi connectivity index (χ3v) is 3.46. The Morgan fingerprint density at radius 3 is 3.00 bits per heavy atom. The maximum Gasteiger partial charge on any atom is 0.187 e. The highest BCUT2D eigenvalue weighted by Gasteiger charge is 2.09. The molecule has 2 rings (SSSR count). The molecule has 1 aromatic rings. The van der Waals surface area contributed by atoms with E-state index in [1.807, 2.05) is 19.1 Å². The Balaban J connectivity index is 1.67. The zero-order valence-corrected chi connectivity index (χ0v) is 13.0. The fourth-order valence-corrected chi connectivity index (χ4v) is 2.12. The Kier molecular flexibility index (Phi) is 6.52. The van der Waals surface area contributed by atoms with Crippen LogP contribution in [0.2, 0.25) is 0 Å². The number of thiocarbonyl (C=S) groups is 1. The van der Waals surface area contributed by atoms with Crippen molar-refractivity contribution in [2.45, 2.75) is 6.92 Å². The van der Waals surface area contributed by atoms with Gasteiger partial charge in [0.15, 0.2) is 5.11 Å². The van der Waals surface area contributed by atoms with E-state index in [9.17, 15) is 0 Å². The fourth-order valence-electron chi connectivity index (χ4n) is 1.97. The zero-order chi connectivity index (χ0) is 14.9. The lowest BCUT2D eigenvalue weighted by molar-refractivity contribution is 0.0389. The van der Waals surface area contributed by atoms with E-state index in [1.54, 1.807) is 12.4 Å². The molecule has 1 saturated heterocycles. The first-order valence-electron chi connectivity index (χ1n) is 7.04. The molecule has 0 aromatic carbocycles. The van der Waals surface area contributed by atoms with E-state index in [0.717, 1.165) is 50.7 Å². The second kappa shape index (κ2) is 8.66. The van der Waals surface area contributed by atoms with Crippen molar-refractivity contribution in [2.75, 3.05) is 39.4 Å². The summed E-state index contributed by atoms with van der Waals surface area (Å²) in [5, 5.41) is 7.93. The molecule has 1 fully saturated rings. The quantitative estimate of drug-likeness (QED) is 0.472. The van der Waals surface area contributed by atoms with E-state index in [1.165, 1.54) is 0 Å². The smallest absolute Gasteiger partial charge is 0.187 e. The number of nitrogens with zero attached hydrogens (tertiary/aromatic N) is 3. The molecule has 0 aliphatic carbocycles. The van der Waals surface area contributed by atoms with E-state index in [2.05, 4.69) is 25.7 Å². The molecule has 0 bridgehead atoms. The Hall–Kier alpha value is -1.57. The largest absolute Gasteiger partial charge is 0.379 e. The average molecular weight is 307 g/mol. The molecule has 0 saturated carbocycles. The molecule has 1 aliphatic rings. The van der Waals surface area contributed by atoms with Gasteiger partial charge in [-0.05, 0) is 25.2 Å². The summed E-state index contributed by atoms with van der Waals surface area (Å²) in [6, 6.07) is 3.84. The highest BCUT2D eigenvalue weighted by atomic mass is 32.1. The van der Waals surface area contributed by atoms with E-state index in [4.69, 9.17) is 17.0 Å². The number of pyridine rings is 1. The van der Waals surface area contributed by atoms with Gasteiger partial charge in [-0.3, -0.25) is 15.3 Å². The summed E-state index contributed by atoms with van der Waals surface area (Å²) in [6.45, 7) is 7.28. The van der Waals surface area contributed by atoms with Crippen molar-refractivity contribution < 1.29 is 4.74 Å². The van der Waals surface area contributed by atoms with E-state index >= 15 is 0 Å². The minimum atomic E-state index is 0.534. The maximum absolute atomic E-state index is 5.31. The first-order chi connectivity index (χ1) is 10.3. The number of hydrogen-bond donors (Lipinski definition) is 2. The Morgan fingerprint density at radius 1 is 1.48 bits per heavy atom. The van der Waals surface area contributed by atoms with Crippen molar-refractivity contribution in [2.24, 2.45) is 5.10 Å². The van der Waals surface area contributed by atoms with Crippen molar-refractivity contribution >= 4 is 23.0 Å². The SMILES string of the molecule is C/C(=N\NC(=S)NCCN1CCOCC1)c1cccnc1. The second-order valence-electron chi connectivity index (χ2n) is 4.76. The van der Waals surface area contributed by atoms with Gasteiger partial charge in [-0.25, -0.2) is 0 Å². The summed E-state index contributed by atoms with van der Waals surface area (Å²) >= 11 is 5.20. The third-order valence-electron chi connectivity index (χ3n) is 3.22. The van der Waals surface area contributed by atoms with E-state index < -0.39 is 0 Å². The molecule has 7 heteroatoms. The lowest BCUT2D eigenvalue weighted by Crippen LogP contribution is -2.42. The predicted molar refractivity (Wildman–Crippen MR) is 87.4 cm³/mol. The molecule has 2 N–H and O–H groups in total. The monoisotopic (exact) mass is 307 g/mol. The molecule has 0 spiro atoms.